The van der Waals surface area contributed by atoms with E-state index in [0.717, 1.165) is 44.1 Å². The summed E-state index contributed by atoms with van der Waals surface area (Å²) in [7, 11) is -3.17. The Morgan fingerprint density at radius 1 is 1.18 bits per heavy atom. The molecule has 1 aliphatic rings. The number of aliphatic hydroxyl groups is 1. The van der Waals surface area contributed by atoms with Gasteiger partial charge in [-0.05, 0) is 95.1 Å². The molecule has 1 rings (SSSR count). The summed E-state index contributed by atoms with van der Waals surface area (Å²) in [6, 6.07) is 0. The molecule has 0 aromatic rings. The van der Waals surface area contributed by atoms with Gasteiger partial charge in [0.25, 0.3) is 0 Å². The highest BCUT2D eigenvalue weighted by atomic mass is 32.2. The molecule has 0 aromatic heterocycles. The zero-order valence-electron chi connectivity index (χ0n) is 22.1. The highest BCUT2D eigenvalue weighted by molar-refractivity contribution is 7.88. The summed E-state index contributed by atoms with van der Waals surface area (Å²) < 4.78 is 25.9. The molecule has 1 saturated heterocycles. The summed E-state index contributed by atoms with van der Waals surface area (Å²) in [4.78, 5) is 0. The fraction of sp³-hybridized carbons (Fsp3) is 0.586. The van der Waals surface area contributed by atoms with E-state index in [4.69, 9.17) is 0 Å². The number of hydrogen-bond acceptors (Lipinski definition) is 3. The van der Waals surface area contributed by atoms with Crippen LogP contribution < -0.4 is 0 Å². The van der Waals surface area contributed by atoms with Gasteiger partial charge in [0, 0.05) is 19.7 Å². The Morgan fingerprint density at radius 2 is 1.82 bits per heavy atom. The van der Waals surface area contributed by atoms with E-state index in [0.29, 0.717) is 24.9 Å². The van der Waals surface area contributed by atoms with Crippen molar-refractivity contribution in [1.29, 1.82) is 0 Å². The molecule has 0 bridgehead atoms. The minimum atomic E-state index is -3.17. The first kappa shape index (κ1) is 30.3. The van der Waals surface area contributed by atoms with Gasteiger partial charge in [0.05, 0.1) is 6.26 Å². The van der Waals surface area contributed by atoms with E-state index in [1.165, 1.54) is 23.0 Å². The second-order valence-corrected chi connectivity index (χ2v) is 11.5. The molecule has 0 saturated carbocycles. The molecule has 0 aromatic carbocycles. The first-order chi connectivity index (χ1) is 16.1. The van der Waals surface area contributed by atoms with Crippen LogP contribution in [0.1, 0.15) is 66.2 Å². The van der Waals surface area contributed by atoms with E-state index >= 15 is 0 Å². The largest absolute Gasteiger partial charge is 0.396 e. The minimum absolute atomic E-state index is 0.185. The Hall–Kier alpha value is -1.69. The molecule has 1 N–H and O–H groups in total. The van der Waals surface area contributed by atoms with Gasteiger partial charge in [0.2, 0.25) is 10.0 Å². The van der Waals surface area contributed by atoms with Crippen molar-refractivity contribution >= 4 is 10.0 Å². The Bertz CT molecular complexity index is 884. The van der Waals surface area contributed by atoms with Gasteiger partial charge in [0.15, 0.2) is 0 Å². The number of hydrogen-bond donors (Lipinski definition) is 1. The lowest BCUT2D eigenvalue weighted by molar-refractivity contribution is 0.191. The van der Waals surface area contributed by atoms with Gasteiger partial charge in [-0.2, -0.15) is 0 Å². The lowest BCUT2D eigenvalue weighted by atomic mass is 9.68. The Kier molecular flexibility index (Phi) is 13.7. The molecule has 192 valence electrons. The lowest BCUT2D eigenvalue weighted by Crippen LogP contribution is -2.41. The summed E-state index contributed by atoms with van der Waals surface area (Å²) in [5, 5.41) is 9.24. The fourth-order valence-corrected chi connectivity index (χ4v) is 5.95. The van der Waals surface area contributed by atoms with E-state index in [1.54, 1.807) is 4.31 Å². The third-order valence-electron chi connectivity index (χ3n) is 6.81. The maximum atomic E-state index is 12.1. The fourth-order valence-electron chi connectivity index (χ4n) is 5.08. The van der Waals surface area contributed by atoms with Crippen LogP contribution >= 0.6 is 0 Å². The Morgan fingerprint density at radius 3 is 2.29 bits per heavy atom. The number of sulfonamides is 1. The van der Waals surface area contributed by atoms with E-state index in [9.17, 15) is 13.5 Å². The summed E-state index contributed by atoms with van der Waals surface area (Å²) in [5.41, 5.74) is 4.76. The van der Waals surface area contributed by atoms with Gasteiger partial charge in [-0.15, -0.1) is 0 Å². The van der Waals surface area contributed by atoms with Crippen LogP contribution in [-0.4, -0.2) is 43.8 Å². The van der Waals surface area contributed by atoms with Crippen LogP contribution in [-0.2, 0) is 10.0 Å². The monoisotopic (exact) mass is 489 g/mol. The molecular formula is C29H47NO3S. The van der Waals surface area contributed by atoms with Crippen LogP contribution in [0.15, 0.2) is 71.9 Å². The van der Waals surface area contributed by atoms with Crippen molar-refractivity contribution in [3.8, 4) is 0 Å². The summed E-state index contributed by atoms with van der Waals surface area (Å²) >= 11 is 0. The van der Waals surface area contributed by atoms with E-state index < -0.39 is 10.0 Å². The highest BCUT2D eigenvalue weighted by Gasteiger charge is 2.36. The predicted octanol–water partition coefficient (Wildman–Crippen LogP) is 6.60. The van der Waals surface area contributed by atoms with Gasteiger partial charge in [-0.1, -0.05) is 60.8 Å². The Labute approximate surface area is 209 Å². The molecule has 2 unspecified atom stereocenters. The molecule has 4 nitrogen and oxygen atoms in total. The van der Waals surface area contributed by atoms with Gasteiger partial charge in [-0.3, -0.25) is 0 Å². The zero-order chi connectivity index (χ0) is 25.7. The molecule has 2 atom stereocenters. The van der Waals surface area contributed by atoms with Gasteiger partial charge in [0.1, 0.15) is 0 Å². The molecule has 0 spiro atoms. The first-order valence-electron chi connectivity index (χ1n) is 12.6. The van der Waals surface area contributed by atoms with Gasteiger partial charge < -0.3 is 5.11 Å². The topological polar surface area (TPSA) is 57.6 Å². The number of piperidine rings is 1. The second-order valence-electron chi connectivity index (χ2n) is 9.56. The number of aliphatic hydroxyl groups excluding tert-OH is 1. The molecule has 1 aliphatic heterocycles. The molecule has 0 aliphatic carbocycles. The maximum absolute atomic E-state index is 12.1. The van der Waals surface area contributed by atoms with Crippen LogP contribution in [0.25, 0.3) is 0 Å². The number of nitrogens with zero attached hydrogens (tertiary/aromatic N) is 1. The molecule has 1 fully saturated rings. The molecular weight excluding hydrogens is 442 g/mol. The summed E-state index contributed by atoms with van der Waals surface area (Å²) in [6.07, 6.45) is 19.3. The molecule has 0 radical (unpaired) electrons. The molecule has 34 heavy (non-hydrogen) atoms. The molecule has 5 heteroatoms. The van der Waals surface area contributed by atoms with Crippen molar-refractivity contribution < 1.29 is 13.5 Å². The maximum Gasteiger partial charge on any atom is 0.211 e. The average molecular weight is 490 g/mol. The van der Waals surface area contributed by atoms with Crippen molar-refractivity contribution in [2.75, 3.05) is 26.0 Å². The van der Waals surface area contributed by atoms with E-state index in [2.05, 4.69) is 64.3 Å². The highest BCUT2D eigenvalue weighted by Crippen LogP contribution is 2.42. The van der Waals surface area contributed by atoms with Crippen LogP contribution in [0, 0.1) is 17.8 Å². The summed E-state index contributed by atoms with van der Waals surface area (Å²) in [5.74, 6) is 0.881. The Balaban J connectivity index is 3.57. The second kappa shape index (κ2) is 15.3. The number of rotatable bonds is 14. The SMILES string of the molecule is C=CC(/C=C(\C)CCCO)=C(\C=C/C)C(C1CCN(S(C)(=O)=O)CC1)C(CC/C=C\C)C(=C)C. The van der Waals surface area contributed by atoms with Crippen LogP contribution in [0.3, 0.4) is 0 Å². The lowest BCUT2D eigenvalue weighted by Gasteiger charge is -2.40. The van der Waals surface area contributed by atoms with Crippen molar-refractivity contribution in [1.82, 2.24) is 4.31 Å². The zero-order valence-corrected chi connectivity index (χ0v) is 22.9. The van der Waals surface area contributed by atoms with Crippen LogP contribution in [0.2, 0.25) is 0 Å². The third kappa shape index (κ3) is 9.52. The van der Waals surface area contributed by atoms with E-state index in [-0.39, 0.29) is 12.5 Å². The van der Waals surface area contributed by atoms with Gasteiger partial charge in [-0.25, -0.2) is 12.7 Å². The molecule has 0 amide bonds. The van der Waals surface area contributed by atoms with Gasteiger partial charge >= 0.3 is 0 Å². The van der Waals surface area contributed by atoms with Crippen LogP contribution in [0.5, 0.6) is 0 Å². The quantitative estimate of drug-likeness (QED) is 0.221. The average Bonchev–Trinajstić information content (AvgIpc) is 2.79. The van der Waals surface area contributed by atoms with Crippen molar-refractivity contribution in [3.05, 3.63) is 71.9 Å². The summed E-state index contributed by atoms with van der Waals surface area (Å²) in [6.45, 7) is 18.2. The molecule has 1 heterocycles. The van der Waals surface area contributed by atoms with Crippen molar-refractivity contribution in [2.24, 2.45) is 17.8 Å². The smallest absolute Gasteiger partial charge is 0.211 e. The first-order valence-corrected chi connectivity index (χ1v) is 14.4. The standard InChI is InChI=1S/C29H47NO3S/c1-8-11-12-16-27(23(4)5)29(26-17-19-30(20-18-26)34(7,32)33)28(14-9-2)25(10-3)22-24(6)15-13-21-31/h8-11,14,22,26-27,29,31H,3-4,12-13,15-21H2,1-2,5-7H3/b11-8-,14-9-,24-22+,28-25-. The predicted molar refractivity (Wildman–Crippen MR) is 147 cm³/mol. The van der Waals surface area contributed by atoms with Crippen molar-refractivity contribution in [2.45, 2.75) is 66.2 Å². The van der Waals surface area contributed by atoms with Crippen molar-refractivity contribution in [3.63, 3.8) is 0 Å². The normalized spacial score (nSPS) is 19.4. The minimum Gasteiger partial charge on any atom is -0.396 e. The van der Waals surface area contributed by atoms with E-state index in [1.807, 2.05) is 13.0 Å². The van der Waals surface area contributed by atoms with Crippen LogP contribution in [0.4, 0.5) is 0 Å². The number of allylic oxidation sites excluding steroid dienone is 10. The third-order valence-corrected chi connectivity index (χ3v) is 8.11.